The van der Waals surface area contributed by atoms with Crippen molar-refractivity contribution >= 4 is 43.4 Å². The lowest BCUT2D eigenvalue weighted by molar-refractivity contribution is 0.0923. The Hall–Kier alpha value is -1.80. The molecule has 1 amide bonds. The van der Waals surface area contributed by atoms with Crippen molar-refractivity contribution in [2.24, 2.45) is 0 Å². The SMILES string of the molecule is O=C1NCCn2nc(-c3ncnc4ccsc34)c(Br)c21. The van der Waals surface area contributed by atoms with E-state index < -0.39 is 0 Å². The summed E-state index contributed by atoms with van der Waals surface area (Å²) in [5, 5.41) is 9.31. The second-order valence-corrected chi connectivity index (χ2v) is 6.06. The molecule has 0 aromatic carbocycles. The van der Waals surface area contributed by atoms with E-state index in [9.17, 15) is 4.79 Å². The molecule has 20 heavy (non-hydrogen) atoms. The number of thiophene rings is 1. The molecule has 0 saturated heterocycles. The van der Waals surface area contributed by atoms with Crippen molar-refractivity contribution in [3.63, 3.8) is 0 Å². The fourth-order valence-electron chi connectivity index (χ4n) is 2.29. The number of hydrogen-bond donors (Lipinski definition) is 1. The lowest BCUT2D eigenvalue weighted by atomic mass is 10.2. The lowest BCUT2D eigenvalue weighted by Gasteiger charge is -2.13. The van der Waals surface area contributed by atoms with Gasteiger partial charge < -0.3 is 5.32 Å². The molecular weight excluding hydrogens is 342 g/mol. The molecule has 8 heteroatoms. The van der Waals surface area contributed by atoms with Gasteiger partial charge in [-0.1, -0.05) is 0 Å². The van der Waals surface area contributed by atoms with Crippen LogP contribution in [0.4, 0.5) is 0 Å². The first kappa shape index (κ1) is 12.0. The van der Waals surface area contributed by atoms with Crippen molar-refractivity contribution in [1.82, 2.24) is 25.1 Å². The minimum Gasteiger partial charge on any atom is -0.349 e. The third kappa shape index (κ3) is 1.61. The zero-order valence-electron chi connectivity index (χ0n) is 10.1. The van der Waals surface area contributed by atoms with Gasteiger partial charge >= 0.3 is 0 Å². The van der Waals surface area contributed by atoms with Gasteiger partial charge in [-0.2, -0.15) is 5.10 Å². The molecule has 0 saturated carbocycles. The second kappa shape index (κ2) is 4.35. The normalized spacial score (nSPS) is 14.3. The number of aromatic nitrogens is 4. The van der Waals surface area contributed by atoms with Gasteiger partial charge in [-0.3, -0.25) is 9.48 Å². The molecule has 1 aliphatic heterocycles. The highest BCUT2D eigenvalue weighted by molar-refractivity contribution is 9.10. The first-order chi connectivity index (χ1) is 9.75. The van der Waals surface area contributed by atoms with Gasteiger partial charge in [0.05, 0.1) is 21.2 Å². The molecule has 1 aliphatic rings. The molecule has 0 atom stereocenters. The van der Waals surface area contributed by atoms with Crippen LogP contribution in [0, 0.1) is 0 Å². The van der Waals surface area contributed by atoms with Gasteiger partial charge in [0.25, 0.3) is 5.91 Å². The Bertz CT molecular complexity index is 840. The molecule has 4 rings (SSSR count). The van der Waals surface area contributed by atoms with E-state index in [0.717, 1.165) is 15.9 Å². The summed E-state index contributed by atoms with van der Waals surface area (Å²) in [6.45, 7) is 1.26. The Labute approximate surface area is 126 Å². The number of nitrogens with zero attached hydrogens (tertiary/aromatic N) is 4. The molecular formula is C12H8BrN5OS. The van der Waals surface area contributed by atoms with Crippen molar-refractivity contribution in [3.8, 4) is 11.4 Å². The molecule has 0 aliphatic carbocycles. The zero-order chi connectivity index (χ0) is 13.7. The quantitative estimate of drug-likeness (QED) is 0.729. The van der Waals surface area contributed by atoms with Crippen molar-refractivity contribution in [2.45, 2.75) is 6.54 Å². The molecule has 1 N–H and O–H groups in total. The third-order valence-electron chi connectivity index (χ3n) is 3.19. The number of rotatable bonds is 1. The van der Waals surface area contributed by atoms with Crippen LogP contribution < -0.4 is 5.32 Å². The largest absolute Gasteiger partial charge is 0.349 e. The topological polar surface area (TPSA) is 72.7 Å². The minimum absolute atomic E-state index is 0.113. The van der Waals surface area contributed by atoms with Gasteiger partial charge in [0.2, 0.25) is 0 Å². The van der Waals surface area contributed by atoms with Crippen molar-refractivity contribution in [3.05, 3.63) is 27.9 Å². The van der Waals surface area contributed by atoms with Crippen LogP contribution in [-0.4, -0.2) is 32.2 Å². The summed E-state index contributed by atoms with van der Waals surface area (Å²) in [6, 6.07) is 1.95. The van der Waals surface area contributed by atoms with Gasteiger partial charge in [0.15, 0.2) is 0 Å². The third-order valence-corrected chi connectivity index (χ3v) is 4.85. The van der Waals surface area contributed by atoms with E-state index in [1.807, 2.05) is 11.4 Å². The Kier molecular flexibility index (Phi) is 2.61. The van der Waals surface area contributed by atoms with E-state index in [1.165, 1.54) is 6.33 Å². The Balaban J connectivity index is 2.00. The Morgan fingerprint density at radius 1 is 1.35 bits per heavy atom. The van der Waals surface area contributed by atoms with Gasteiger partial charge in [0, 0.05) is 6.54 Å². The van der Waals surface area contributed by atoms with Crippen LogP contribution in [-0.2, 0) is 6.54 Å². The van der Waals surface area contributed by atoms with Crippen LogP contribution in [0.2, 0.25) is 0 Å². The minimum atomic E-state index is -0.113. The molecule has 0 radical (unpaired) electrons. The maximum absolute atomic E-state index is 11.9. The fraction of sp³-hybridized carbons (Fsp3) is 0.167. The van der Waals surface area contributed by atoms with Crippen LogP contribution in [0.3, 0.4) is 0 Å². The van der Waals surface area contributed by atoms with Crippen LogP contribution in [0.5, 0.6) is 0 Å². The summed E-state index contributed by atoms with van der Waals surface area (Å²) < 4.78 is 3.38. The number of fused-ring (bicyclic) bond motifs is 2. The molecule has 0 spiro atoms. The van der Waals surface area contributed by atoms with Crippen molar-refractivity contribution in [2.75, 3.05) is 6.54 Å². The maximum atomic E-state index is 11.9. The molecule has 3 aromatic heterocycles. The smallest absolute Gasteiger partial charge is 0.270 e. The second-order valence-electron chi connectivity index (χ2n) is 4.35. The summed E-state index contributed by atoms with van der Waals surface area (Å²) in [6.07, 6.45) is 1.52. The highest BCUT2D eigenvalue weighted by atomic mass is 79.9. The Morgan fingerprint density at radius 2 is 2.25 bits per heavy atom. The molecule has 0 fully saturated rings. The Morgan fingerprint density at radius 3 is 3.10 bits per heavy atom. The predicted molar refractivity (Wildman–Crippen MR) is 78.7 cm³/mol. The number of carbonyl (C=O) groups excluding carboxylic acids is 1. The van der Waals surface area contributed by atoms with Crippen LogP contribution >= 0.6 is 27.3 Å². The first-order valence-electron chi connectivity index (χ1n) is 5.99. The average Bonchev–Trinajstić information content (AvgIpc) is 3.04. The lowest BCUT2D eigenvalue weighted by Crippen LogP contribution is -2.35. The average molecular weight is 350 g/mol. The molecule has 6 nitrogen and oxygen atoms in total. The van der Waals surface area contributed by atoms with Crippen LogP contribution in [0.25, 0.3) is 21.6 Å². The monoisotopic (exact) mass is 349 g/mol. The molecule has 0 unspecified atom stereocenters. The van der Waals surface area contributed by atoms with Crippen molar-refractivity contribution in [1.29, 1.82) is 0 Å². The number of hydrogen-bond acceptors (Lipinski definition) is 5. The van der Waals surface area contributed by atoms with E-state index in [4.69, 9.17) is 0 Å². The van der Waals surface area contributed by atoms with Crippen LogP contribution in [0.1, 0.15) is 10.5 Å². The van der Waals surface area contributed by atoms with E-state index in [2.05, 4.69) is 36.3 Å². The summed E-state index contributed by atoms with van der Waals surface area (Å²) in [5.74, 6) is -0.113. The highest BCUT2D eigenvalue weighted by Crippen LogP contribution is 2.35. The molecule has 4 heterocycles. The molecule has 0 bridgehead atoms. The van der Waals surface area contributed by atoms with E-state index in [1.54, 1.807) is 16.0 Å². The van der Waals surface area contributed by atoms with E-state index >= 15 is 0 Å². The highest BCUT2D eigenvalue weighted by Gasteiger charge is 2.27. The molecule has 100 valence electrons. The summed E-state index contributed by atoms with van der Waals surface area (Å²) >= 11 is 5.06. The number of carbonyl (C=O) groups is 1. The standard InChI is InChI=1S/C12H8BrN5OS/c13-7-8(17-18-3-2-14-12(19)10(7)18)9-11-6(1-4-20-11)15-5-16-9/h1,4-5H,2-3H2,(H,14,19). The number of halogens is 1. The van der Waals surface area contributed by atoms with E-state index in [0.29, 0.717) is 29.0 Å². The number of amides is 1. The summed E-state index contributed by atoms with van der Waals surface area (Å²) in [4.78, 5) is 20.5. The van der Waals surface area contributed by atoms with Gasteiger partial charge in [0.1, 0.15) is 23.4 Å². The van der Waals surface area contributed by atoms with Gasteiger partial charge in [-0.05, 0) is 27.4 Å². The zero-order valence-corrected chi connectivity index (χ0v) is 12.5. The van der Waals surface area contributed by atoms with Crippen LogP contribution in [0.15, 0.2) is 22.2 Å². The van der Waals surface area contributed by atoms with E-state index in [-0.39, 0.29) is 5.91 Å². The van der Waals surface area contributed by atoms with Gasteiger partial charge in [-0.25, -0.2) is 9.97 Å². The summed E-state index contributed by atoms with van der Waals surface area (Å²) in [7, 11) is 0. The van der Waals surface area contributed by atoms with Gasteiger partial charge in [-0.15, -0.1) is 11.3 Å². The number of nitrogens with one attached hydrogen (secondary N) is 1. The maximum Gasteiger partial charge on any atom is 0.270 e. The first-order valence-corrected chi connectivity index (χ1v) is 7.66. The predicted octanol–water partition coefficient (Wildman–Crippen LogP) is 2.06. The fourth-order valence-corrected chi connectivity index (χ4v) is 3.77. The summed E-state index contributed by atoms with van der Waals surface area (Å²) in [5.41, 5.74) is 2.88. The molecule has 3 aromatic rings. The van der Waals surface area contributed by atoms with Crippen molar-refractivity contribution < 1.29 is 4.79 Å².